The number of nitriles is 1. The lowest BCUT2D eigenvalue weighted by atomic mass is 10.1. The lowest BCUT2D eigenvalue weighted by Gasteiger charge is -2.13. The molecule has 3 N–H and O–H groups in total. The monoisotopic (exact) mass is 253 g/mol. The molecule has 1 aliphatic heterocycles. The predicted octanol–water partition coefficient (Wildman–Crippen LogP) is 1.49. The summed E-state index contributed by atoms with van der Waals surface area (Å²) in [6.45, 7) is 1.82. The summed E-state index contributed by atoms with van der Waals surface area (Å²) in [5, 5.41) is 16.2. The average molecular weight is 253 g/mol. The molecule has 3 rings (SSSR count). The Bertz CT molecular complexity index is 608. The number of H-pyrrole nitrogens is 1. The van der Waals surface area contributed by atoms with E-state index in [1.807, 2.05) is 30.3 Å². The minimum Gasteiger partial charge on any atom is -0.354 e. The third-order valence-electron chi connectivity index (χ3n) is 3.44. The minimum atomic E-state index is 0.245. The number of nitrogens with one attached hydrogen (secondary N) is 1. The maximum Gasteiger partial charge on any atom is 0.151 e. The van der Waals surface area contributed by atoms with Crippen LogP contribution in [0.15, 0.2) is 30.3 Å². The molecule has 0 aliphatic carbocycles. The number of aromatic amines is 1. The molecule has 2 heterocycles. The first-order valence-corrected chi connectivity index (χ1v) is 6.33. The normalized spacial score (nSPS) is 18.5. The largest absolute Gasteiger partial charge is 0.354 e. The molecule has 1 aromatic carbocycles. The van der Waals surface area contributed by atoms with Crippen molar-refractivity contribution in [3.8, 4) is 17.3 Å². The zero-order chi connectivity index (χ0) is 13.2. The van der Waals surface area contributed by atoms with E-state index in [0.29, 0.717) is 5.56 Å². The molecule has 1 aromatic heterocycles. The molecule has 1 saturated heterocycles. The van der Waals surface area contributed by atoms with Gasteiger partial charge >= 0.3 is 0 Å². The predicted molar refractivity (Wildman–Crippen MR) is 73.5 cm³/mol. The molecule has 0 amide bonds. The highest BCUT2D eigenvalue weighted by atomic mass is 15.3. The molecule has 2 aromatic rings. The Balaban J connectivity index is 1.82. The maximum absolute atomic E-state index is 8.78. The highest BCUT2D eigenvalue weighted by Crippen LogP contribution is 2.24. The first-order chi connectivity index (χ1) is 9.26. The van der Waals surface area contributed by atoms with Crippen LogP contribution in [0.25, 0.3) is 11.3 Å². The first-order valence-electron chi connectivity index (χ1n) is 6.33. The van der Waals surface area contributed by atoms with Gasteiger partial charge in [0.1, 0.15) is 0 Å². The molecule has 1 fully saturated rings. The van der Waals surface area contributed by atoms with E-state index >= 15 is 0 Å². The van der Waals surface area contributed by atoms with Crippen LogP contribution in [0.3, 0.4) is 0 Å². The van der Waals surface area contributed by atoms with Gasteiger partial charge < -0.3 is 10.6 Å². The molecular weight excluding hydrogens is 238 g/mol. The van der Waals surface area contributed by atoms with Crippen molar-refractivity contribution in [2.24, 2.45) is 5.73 Å². The van der Waals surface area contributed by atoms with Crippen molar-refractivity contribution in [2.75, 3.05) is 18.0 Å². The molecule has 1 atom stereocenters. The van der Waals surface area contributed by atoms with Gasteiger partial charge in [-0.1, -0.05) is 12.1 Å². The van der Waals surface area contributed by atoms with Crippen molar-refractivity contribution in [3.05, 3.63) is 35.9 Å². The lowest BCUT2D eigenvalue weighted by molar-refractivity contribution is 0.751. The van der Waals surface area contributed by atoms with Gasteiger partial charge in [0.2, 0.25) is 0 Å². The van der Waals surface area contributed by atoms with Crippen LogP contribution in [0, 0.1) is 11.3 Å². The first kappa shape index (κ1) is 11.8. The minimum absolute atomic E-state index is 0.245. The molecule has 0 radical (unpaired) electrons. The van der Waals surface area contributed by atoms with E-state index in [9.17, 15) is 0 Å². The Morgan fingerprint density at radius 1 is 1.37 bits per heavy atom. The third kappa shape index (κ3) is 2.30. The molecule has 0 saturated carbocycles. The van der Waals surface area contributed by atoms with Gasteiger partial charge in [-0.25, -0.2) is 0 Å². The highest BCUT2D eigenvalue weighted by Gasteiger charge is 2.21. The summed E-state index contributed by atoms with van der Waals surface area (Å²) in [5.74, 6) is 0.937. The van der Waals surface area contributed by atoms with Gasteiger partial charge in [-0.15, -0.1) is 0 Å². The molecule has 96 valence electrons. The molecule has 1 aliphatic rings. The summed E-state index contributed by atoms with van der Waals surface area (Å²) >= 11 is 0. The molecule has 19 heavy (non-hydrogen) atoms. The summed E-state index contributed by atoms with van der Waals surface area (Å²) in [5.41, 5.74) is 8.55. The smallest absolute Gasteiger partial charge is 0.151 e. The zero-order valence-corrected chi connectivity index (χ0v) is 10.5. The number of anilines is 1. The van der Waals surface area contributed by atoms with Crippen LogP contribution in [0.4, 0.5) is 5.82 Å². The van der Waals surface area contributed by atoms with Crippen LogP contribution in [0.2, 0.25) is 0 Å². The van der Waals surface area contributed by atoms with Crippen molar-refractivity contribution in [1.82, 2.24) is 10.2 Å². The molecule has 1 unspecified atom stereocenters. The molecule has 5 nitrogen and oxygen atoms in total. The lowest BCUT2D eigenvalue weighted by Crippen LogP contribution is -2.26. The van der Waals surface area contributed by atoms with E-state index < -0.39 is 0 Å². The molecule has 0 bridgehead atoms. The van der Waals surface area contributed by atoms with Crippen LogP contribution in [-0.4, -0.2) is 29.3 Å². The summed E-state index contributed by atoms with van der Waals surface area (Å²) in [4.78, 5) is 2.19. The Morgan fingerprint density at radius 2 is 2.16 bits per heavy atom. The standard InChI is InChI=1S/C14H15N5/c15-8-10-1-3-11(4-2-10)13-7-14(18-17-13)19-6-5-12(16)9-19/h1-4,7,12H,5-6,9,16H2,(H,17,18). The van der Waals surface area contributed by atoms with E-state index in [4.69, 9.17) is 11.0 Å². The average Bonchev–Trinajstić information content (AvgIpc) is 3.07. The Hall–Kier alpha value is -2.32. The van der Waals surface area contributed by atoms with Crippen LogP contribution in [0.1, 0.15) is 12.0 Å². The summed E-state index contributed by atoms with van der Waals surface area (Å²) in [6.07, 6.45) is 1.01. The topological polar surface area (TPSA) is 81.7 Å². The number of nitrogens with zero attached hydrogens (tertiary/aromatic N) is 3. The number of hydrogen-bond donors (Lipinski definition) is 2. The third-order valence-corrected chi connectivity index (χ3v) is 3.44. The fraction of sp³-hybridized carbons (Fsp3) is 0.286. The molecular formula is C14H15N5. The van der Waals surface area contributed by atoms with Gasteiger partial charge in [-0.05, 0) is 24.1 Å². The summed E-state index contributed by atoms with van der Waals surface area (Å²) in [7, 11) is 0. The van der Waals surface area contributed by atoms with Crippen molar-refractivity contribution in [1.29, 1.82) is 5.26 Å². The number of rotatable bonds is 2. The van der Waals surface area contributed by atoms with Crippen molar-refractivity contribution in [3.63, 3.8) is 0 Å². The second kappa shape index (κ2) is 4.75. The van der Waals surface area contributed by atoms with Gasteiger partial charge in [0.05, 0.1) is 17.3 Å². The Labute approximate surface area is 111 Å². The number of hydrogen-bond acceptors (Lipinski definition) is 4. The van der Waals surface area contributed by atoms with Gasteiger partial charge in [0.15, 0.2) is 5.82 Å². The van der Waals surface area contributed by atoms with Crippen LogP contribution in [0.5, 0.6) is 0 Å². The summed E-state index contributed by atoms with van der Waals surface area (Å²) < 4.78 is 0. The highest BCUT2D eigenvalue weighted by molar-refractivity contribution is 5.64. The van der Waals surface area contributed by atoms with Crippen molar-refractivity contribution < 1.29 is 0 Å². The van der Waals surface area contributed by atoms with Gasteiger partial charge in [-0.3, -0.25) is 5.10 Å². The van der Waals surface area contributed by atoms with Crippen molar-refractivity contribution >= 4 is 5.82 Å². The Kier molecular flexibility index (Phi) is 2.94. The van der Waals surface area contributed by atoms with E-state index in [2.05, 4.69) is 21.2 Å². The molecule has 0 spiro atoms. The van der Waals surface area contributed by atoms with Crippen LogP contribution < -0.4 is 10.6 Å². The second-order valence-electron chi connectivity index (χ2n) is 4.82. The summed E-state index contributed by atoms with van der Waals surface area (Å²) in [6, 6.07) is 11.8. The van der Waals surface area contributed by atoms with Gasteiger partial charge in [-0.2, -0.15) is 10.4 Å². The zero-order valence-electron chi connectivity index (χ0n) is 10.5. The fourth-order valence-electron chi connectivity index (χ4n) is 2.34. The van der Waals surface area contributed by atoms with Gasteiger partial charge in [0.25, 0.3) is 0 Å². The number of aromatic nitrogens is 2. The van der Waals surface area contributed by atoms with E-state index in [1.54, 1.807) is 0 Å². The van der Waals surface area contributed by atoms with E-state index in [0.717, 1.165) is 36.6 Å². The van der Waals surface area contributed by atoms with Crippen LogP contribution >= 0.6 is 0 Å². The van der Waals surface area contributed by atoms with E-state index in [-0.39, 0.29) is 6.04 Å². The van der Waals surface area contributed by atoms with E-state index in [1.165, 1.54) is 0 Å². The van der Waals surface area contributed by atoms with Crippen LogP contribution in [-0.2, 0) is 0 Å². The van der Waals surface area contributed by atoms with Crippen molar-refractivity contribution in [2.45, 2.75) is 12.5 Å². The second-order valence-corrected chi connectivity index (χ2v) is 4.82. The number of benzene rings is 1. The quantitative estimate of drug-likeness (QED) is 0.849. The Morgan fingerprint density at radius 3 is 2.79 bits per heavy atom. The SMILES string of the molecule is N#Cc1ccc(-c2cc(N3CCC(N)C3)n[nH]2)cc1. The fourth-order valence-corrected chi connectivity index (χ4v) is 2.34. The van der Waals surface area contributed by atoms with Gasteiger partial charge in [0, 0.05) is 25.2 Å². The maximum atomic E-state index is 8.78. The molecule has 5 heteroatoms. The number of nitrogens with two attached hydrogens (primary N) is 1.